The van der Waals surface area contributed by atoms with Crippen molar-refractivity contribution in [2.75, 3.05) is 32.6 Å². The summed E-state index contributed by atoms with van der Waals surface area (Å²) in [7, 11) is 5.83. The molecule has 1 saturated carbocycles. The first-order valence-electron chi connectivity index (χ1n) is 8.14. The highest BCUT2D eigenvalue weighted by Crippen LogP contribution is 2.52. The molecule has 1 aromatic rings. The van der Waals surface area contributed by atoms with Gasteiger partial charge in [0.15, 0.2) is 11.1 Å². The van der Waals surface area contributed by atoms with Crippen LogP contribution in [-0.4, -0.2) is 50.8 Å². The van der Waals surface area contributed by atoms with E-state index in [1.807, 2.05) is 26.0 Å². The lowest BCUT2D eigenvalue weighted by Gasteiger charge is -2.54. The molecule has 2 heterocycles. The van der Waals surface area contributed by atoms with Crippen LogP contribution in [-0.2, 0) is 11.3 Å². The number of anilines is 1. The Morgan fingerprint density at radius 1 is 1.52 bits per heavy atom. The first-order chi connectivity index (χ1) is 10.9. The van der Waals surface area contributed by atoms with E-state index in [1.165, 1.54) is 0 Å². The van der Waals surface area contributed by atoms with Crippen LogP contribution in [0.25, 0.3) is 0 Å². The predicted molar refractivity (Wildman–Crippen MR) is 95.2 cm³/mol. The average molecular weight is 337 g/mol. The van der Waals surface area contributed by atoms with E-state index in [1.54, 1.807) is 11.3 Å². The van der Waals surface area contributed by atoms with E-state index in [0.29, 0.717) is 24.6 Å². The summed E-state index contributed by atoms with van der Waals surface area (Å²) >= 11 is 1.66. The van der Waals surface area contributed by atoms with E-state index in [-0.39, 0.29) is 5.41 Å². The molecule has 7 heteroatoms. The van der Waals surface area contributed by atoms with Crippen molar-refractivity contribution in [3.8, 4) is 0 Å². The standard InChI is InChI=1S/C16H27N5OS/c1-16(2)12(11-6-7-22-13(11)16)20-14(17-3)18-8-10-9-23-15(19-10)21(4)5/h9,11-13H,6-8H2,1-5H3,(H2,17,18,20). The first-order valence-corrected chi connectivity index (χ1v) is 9.02. The number of hydrogen-bond acceptors (Lipinski definition) is 5. The monoisotopic (exact) mass is 337 g/mol. The van der Waals surface area contributed by atoms with Crippen LogP contribution in [0.2, 0.25) is 0 Å². The Balaban J connectivity index is 1.56. The molecule has 3 atom stereocenters. The van der Waals surface area contributed by atoms with Crippen molar-refractivity contribution in [2.45, 2.75) is 39.0 Å². The van der Waals surface area contributed by atoms with E-state index >= 15 is 0 Å². The highest BCUT2D eigenvalue weighted by atomic mass is 32.1. The number of thiazole rings is 1. The molecule has 6 nitrogen and oxygen atoms in total. The van der Waals surface area contributed by atoms with Crippen molar-refractivity contribution in [3.63, 3.8) is 0 Å². The zero-order valence-corrected chi connectivity index (χ0v) is 15.4. The second kappa shape index (κ2) is 6.28. The van der Waals surface area contributed by atoms with Gasteiger partial charge in [-0.2, -0.15) is 0 Å². The zero-order valence-electron chi connectivity index (χ0n) is 14.6. The number of guanidine groups is 1. The van der Waals surface area contributed by atoms with E-state index in [2.05, 4.69) is 39.8 Å². The molecule has 128 valence electrons. The maximum Gasteiger partial charge on any atom is 0.191 e. The molecule has 0 spiro atoms. The van der Waals surface area contributed by atoms with Gasteiger partial charge in [-0.25, -0.2) is 4.98 Å². The molecule has 23 heavy (non-hydrogen) atoms. The van der Waals surface area contributed by atoms with Gasteiger partial charge in [0.2, 0.25) is 0 Å². The maximum absolute atomic E-state index is 5.85. The molecule has 0 amide bonds. The van der Waals surface area contributed by atoms with Crippen LogP contribution in [0.5, 0.6) is 0 Å². The molecular weight excluding hydrogens is 310 g/mol. The summed E-state index contributed by atoms with van der Waals surface area (Å²) in [5.74, 6) is 1.44. The van der Waals surface area contributed by atoms with Gasteiger partial charge in [-0.3, -0.25) is 4.99 Å². The normalized spacial score (nSPS) is 28.9. The van der Waals surface area contributed by atoms with Crippen LogP contribution in [0.4, 0.5) is 5.13 Å². The second-order valence-corrected chi connectivity index (χ2v) is 7.97. The zero-order chi connectivity index (χ0) is 16.6. The van der Waals surface area contributed by atoms with E-state index in [9.17, 15) is 0 Å². The topological polar surface area (TPSA) is 61.8 Å². The predicted octanol–water partition coefficient (Wildman–Crippen LogP) is 1.69. The first kappa shape index (κ1) is 16.5. The molecule has 3 rings (SSSR count). The van der Waals surface area contributed by atoms with E-state index < -0.39 is 0 Å². The Kier molecular flexibility index (Phi) is 4.51. The minimum atomic E-state index is 0.150. The van der Waals surface area contributed by atoms with Gasteiger partial charge in [0, 0.05) is 50.5 Å². The second-order valence-electron chi connectivity index (χ2n) is 7.13. The summed E-state index contributed by atoms with van der Waals surface area (Å²) in [6.07, 6.45) is 1.53. The molecule has 1 aliphatic heterocycles. The molecule has 0 aromatic carbocycles. The number of nitrogens with one attached hydrogen (secondary N) is 2. The molecule has 1 aliphatic carbocycles. The molecule has 2 N–H and O–H groups in total. The third kappa shape index (κ3) is 3.04. The SMILES string of the molecule is CN=C(NCc1csc(N(C)C)n1)NC1C2CCOC2C1(C)C. The van der Waals surface area contributed by atoms with Gasteiger partial charge in [-0.1, -0.05) is 13.8 Å². The number of nitrogens with zero attached hydrogens (tertiary/aromatic N) is 3. The van der Waals surface area contributed by atoms with Crippen molar-refractivity contribution < 1.29 is 4.74 Å². The van der Waals surface area contributed by atoms with Crippen molar-refractivity contribution >= 4 is 22.4 Å². The Morgan fingerprint density at radius 3 is 2.96 bits per heavy atom. The molecule has 2 aliphatic rings. The van der Waals surface area contributed by atoms with Crippen LogP contribution >= 0.6 is 11.3 Å². The summed E-state index contributed by atoms with van der Waals surface area (Å²) in [6.45, 7) is 6.11. The van der Waals surface area contributed by atoms with Gasteiger partial charge < -0.3 is 20.3 Å². The number of hydrogen-bond donors (Lipinski definition) is 2. The largest absolute Gasteiger partial charge is 0.377 e. The minimum absolute atomic E-state index is 0.150. The third-order valence-corrected chi connectivity index (χ3v) is 6.03. The average Bonchev–Trinajstić information content (AvgIpc) is 3.15. The Bertz CT molecular complexity index is 583. The molecular formula is C16H27N5OS. The van der Waals surface area contributed by atoms with Gasteiger partial charge in [-0.05, 0) is 6.42 Å². The van der Waals surface area contributed by atoms with Gasteiger partial charge >= 0.3 is 0 Å². The van der Waals surface area contributed by atoms with Crippen molar-refractivity contribution in [3.05, 3.63) is 11.1 Å². The molecule has 1 saturated heterocycles. The molecule has 0 bridgehead atoms. The Labute approximate surface area is 142 Å². The number of ether oxygens (including phenoxy) is 1. The van der Waals surface area contributed by atoms with E-state index in [4.69, 9.17) is 4.74 Å². The summed E-state index contributed by atoms with van der Waals surface area (Å²) < 4.78 is 5.85. The van der Waals surface area contributed by atoms with Crippen molar-refractivity contribution in [1.29, 1.82) is 0 Å². The van der Waals surface area contributed by atoms with Crippen LogP contribution in [0.1, 0.15) is 26.0 Å². The summed E-state index contributed by atoms with van der Waals surface area (Å²) in [5.41, 5.74) is 1.19. The molecule has 2 fully saturated rings. The van der Waals surface area contributed by atoms with Gasteiger partial charge in [0.1, 0.15) is 0 Å². The highest BCUT2D eigenvalue weighted by Gasteiger charge is 2.59. The quantitative estimate of drug-likeness (QED) is 0.647. The maximum atomic E-state index is 5.85. The number of rotatable bonds is 4. The Hall–Kier alpha value is -1.34. The lowest BCUT2D eigenvalue weighted by molar-refractivity contribution is -0.106. The molecule has 3 unspecified atom stereocenters. The van der Waals surface area contributed by atoms with Crippen molar-refractivity contribution in [1.82, 2.24) is 15.6 Å². The highest BCUT2D eigenvalue weighted by molar-refractivity contribution is 7.13. The summed E-state index contributed by atoms with van der Waals surface area (Å²) in [4.78, 5) is 11.0. The van der Waals surface area contributed by atoms with Crippen LogP contribution in [0, 0.1) is 11.3 Å². The lowest BCUT2D eigenvalue weighted by Crippen LogP contribution is -2.67. The van der Waals surface area contributed by atoms with Crippen LogP contribution in [0.15, 0.2) is 10.4 Å². The Morgan fingerprint density at radius 2 is 2.30 bits per heavy atom. The number of aliphatic imine (C=N–C) groups is 1. The fourth-order valence-corrected chi connectivity index (χ4v) is 4.47. The molecule has 1 aromatic heterocycles. The number of fused-ring (bicyclic) bond motifs is 1. The summed E-state index contributed by atoms with van der Waals surface area (Å²) in [6, 6.07) is 0.411. The lowest BCUT2D eigenvalue weighted by atomic mass is 9.57. The van der Waals surface area contributed by atoms with Crippen LogP contribution < -0.4 is 15.5 Å². The third-order valence-electron chi connectivity index (χ3n) is 4.98. The van der Waals surface area contributed by atoms with Gasteiger partial charge in [0.05, 0.1) is 18.3 Å². The summed E-state index contributed by atoms with van der Waals surface area (Å²) in [5, 5.41) is 10.1. The molecule has 0 radical (unpaired) electrons. The smallest absolute Gasteiger partial charge is 0.191 e. The van der Waals surface area contributed by atoms with Gasteiger partial charge in [0.25, 0.3) is 0 Å². The van der Waals surface area contributed by atoms with Crippen molar-refractivity contribution in [2.24, 2.45) is 16.3 Å². The van der Waals surface area contributed by atoms with E-state index in [0.717, 1.165) is 29.8 Å². The minimum Gasteiger partial charge on any atom is -0.377 e. The fraction of sp³-hybridized carbons (Fsp3) is 0.750. The number of aromatic nitrogens is 1. The fourth-order valence-electron chi connectivity index (χ4n) is 3.72. The van der Waals surface area contributed by atoms with Gasteiger partial charge in [-0.15, -0.1) is 11.3 Å². The van der Waals surface area contributed by atoms with Crippen LogP contribution in [0.3, 0.4) is 0 Å².